The molecule has 0 atom stereocenters. The van der Waals surface area contributed by atoms with E-state index in [4.69, 9.17) is 12.2 Å². The Balaban J connectivity index is 2.00. The van der Waals surface area contributed by atoms with Gasteiger partial charge < -0.3 is 5.32 Å². The molecule has 0 amide bonds. The normalized spacial score (nSPS) is 10.8. The summed E-state index contributed by atoms with van der Waals surface area (Å²) in [6.45, 7) is 0. The molecule has 0 aliphatic carbocycles. The number of benzene rings is 2. The smallest absolute Gasteiger partial charge is 0.269 e. The van der Waals surface area contributed by atoms with E-state index in [-0.39, 0.29) is 5.69 Å². The maximum atomic E-state index is 10.9. The molecule has 2 N–H and O–H groups in total. The van der Waals surface area contributed by atoms with Gasteiger partial charge in [-0.15, -0.1) is 0 Å². The molecule has 8 nitrogen and oxygen atoms in total. The summed E-state index contributed by atoms with van der Waals surface area (Å²) in [5, 5.41) is 22.8. The maximum absolute atomic E-state index is 10.9. The zero-order valence-electron chi connectivity index (χ0n) is 14.7. The Morgan fingerprint density at radius 2 is 1.93 bits per heavy atom. The molecular weight excluding hydrogens is 444 g/mol. The molecule has 10 heteroatoms. The standard InChI is InChI=1S/C18H15BrN6O2S/c1-20-18(28)22-21-10-13-11-24(15-6-8-16(9-7-15)25(26)27)23-17(13)12-2-4-14(19)5-3-12/h2-11H,1H3,(H2,20,22,28)/b21-10+. The third-order valence-corrected chi connectivity index (χ3v) is 4.61. The van der Waals surface area contributed by atoms with Crippen molar-refractivity contribution >= 4 is 45.2 Å². The lowest BCUT2D eigenvalue weighted by Crippen LogP contribution is -2.28. The first kappa shape index (κ1) is 19.6. The lowest BCUT2D eigenvalue weighted by Gasteiger charge is -2.01. The van der Waals surface area contributed by atoms with Crippen LogP contribution in [0.3, 0.4) is 0 Å². The molecule has 1 aromatic heterocycles. The van der Waals surface area contributed by atoms with Crippen LogP contribution in [0, 0.1) is 10.1 Å². The third-order valence-electron chi connectivity index (χ3n) is 3.78. The summed E-state index contributed by atoms with van der Waals surface area (Å²) in [5.41, 5.74) is 5.80. The minimum Gasteiger partial charge on any atom is -0.364 e. The SMILES string of the molecule is CNC(=S)N/N=C/c1cn(-c2ccc([N+](=O)[O-])cc2)nc1-c1ccc(Br)cc1. The molecule has 2 aromatic carbocycles. The third kappa shape index (κ3) is 4.59. The van der Waals surface area contributed by atoms with Crippen LogP contribution in [0.1, 0.15) is 5.56 Å². The van der Waals surface area contributed by atoms with Crippen LogP contribution in [-0.2, 0) is 0 Å². The number of nitro benzene ring substituents is 1. The van der Waals surface area contributed by atoms with Crippen LogP contribution in [0.15, 0.2) is 64.3 Å². The van der Waals surface area contributed by atoms with Gasteiger partial charge in [0.05, 0.1) is 16.8 Å². The maximum Gasteiger partial charge on any atom is 0.269 e. The van der Waals surface area contributed by atoms with Gasteiger partial charge in [0.25, 0.3) is 5.69 Å². The number of nitrogens with zero attached hydrogens (tertiary/aromatic N) is 4. The van der Waals surface area contributed by atoms with Gasteiger partial charge >= 0.3 is 0 Å². The van der Waals surface area contributed by atoms with Crippen LogP contribution in [-0.4, -0.2) is 33.1 Å². The zero-order chi connectivity index (χ0) is 20.1. The summed E-state index contributed by atoms with van der Waals surface area (Å²) in [6, 6.07) is 13.9. The highest BCUT2D eigenvalue weighted by Gasteiger charge is 2.12. The second kappa shape index (κ2) is 8.72. The van der Waals surface area contributed by atoms with Gasteiger partial charge in [-0.25, -0.2) is 4.68 Å². The van der Waals surface area contributed by atoms with E-state index in [1.807, 2.05) is 24.3 Å². The molecule has 3 rings (SSSR count). The molecule has 0 saturated carbocycles. The summed E-state index contributed by atoms with van der Waals surface area (Å²) < 4.78 is 2.61. The van der Waals surface area contributed by atoms with Gasteiger partial charge in [0, 0.05) is 41.0 Å². The number of nitrogens with one attached hydrogen (secondary N) is 2. The summed E-state index contributed by atoms with van der Waals surface area (Å²) in [6.07, 6.45) is 3.42. The molecule has 0 unspecified atom stereocenters. The van der Waals surface area contributed by atoms with Gasteiger partial charge in [0.15, 0.2) is 5.11 Å². The largest absolute Gasteiger partial charge is 0.364 e. The monoisotopic (exact) mass is 458 g/mol. The predicted octanol–water partition coefficient (Wildman–Crippen LogP) is 3.64. The minimum absolute atomic E-state index is 0.0237. The van der Waals surface area contributed by atoms with Crippen LogP contribution < -0.4 is 10.7 Å². The summed E-state index contributed by atoms with van der Waals surface area (Å²) >= 11 is 8.43. The summed E-state index contributed by atoms with van der Waals surface area (Å²) in [7, 11) is 1.70. The Kier molecular flexibility index (Phi) is 6.12. The van der Waals surface area contributed by atoms with Crippen molar-refractivity contribution in [2.45, 2.75) is 0 Å². The number of hydrogen-bond acceptors (Lipinski definition) is 5. The van der Waals surface area contributed by atoms with Crippen molar-refractivity contribution in [2.75, 3.05) is 7.05 Å². The molecule has 0 bridgehead atoms. The predicted molar refractivity (Wildman–Crippen MR) is 116 cm³/mol. The van der Waals surface area contributed by atoms with Crippen molar-refractivity contribution in [3.63, 3.8) is 0 Å². The van der Waals surface area contributed by atoms with Gasteiger partial charge in [0.1, 0.15) is 5.69 Å². The van der Waals surface area contributed by atoms with Gasteiger partial charge in [-0.05, 0) is 36.5 Å². The molecule has 0 radical (unpaired) electrons. The second-order valence-electron chi connectivity index (χ2n) is 5.61. The van der Waals surface area contributed by atoms with Crippen LogP contribution in [0.25, 0.3) is 16.9 Å². The highest BCUT2D eigenvalue weighted by Crippen LogP contribution is 2.25. The molecular formula is C18H15BrN6O2S. The second-order valence-corrected chi connectivity index (χ2v) is 6.93. The van der Waals surface area contributed by atoms with Gasteiger partial charge in [0.2, 0.25) is 0 Å². The molecule has 3 aromatic rings. The van der Waals surface area contributed by atoms with Crippen LogP contribution >= 0.6 is 28.1 Å². The summed E-state index contributed by atoms with van der Waals surface area (Å²) in [4.78, 5) is 10.4. The number of aromatic nitrogens is 2. The quantitative estimate of drug-likeness (QED) is 0.262. The fourth-order valence-electron chi connectivity index (χ4n) is 2.39. The van der Waals surface area contributed by atoms with E-state index in [0.717, 1.165) is 15.6 Å². The van der Waals surface area contributed by atoms with Crippen molar-refractivity contribution in [1.29, 1.82) is 0 Å². The van der Waals surface area contributed by atoms with Gasteiger partial charge in [-0.1, -0.05) is 28.1 Å². The molecule has 0 aliphatic heterocycles. The summed E-state index contributed by atoms with van der Waals surface area (Å²) in [5.74, 6) is 0. The van der Waals surface area contributed by atoms with Crippen molar-refractivity contribution in [3.05, 3.63) is 74.9 Å². The highest BCUT2D eigenvalue weighted by molar-refractivity contribution is 9.10. The highest BCUT2D eigenvalue weighted by atomic mass is 79.9. The molecule has 0 fully saturated rings. The Bertz CT molecular complexity index is 1030. The van der Waals surface area contributed by atoms with Gasteiger partial charge in [-0.2, -0.15) is 10.2 Å². The van der Waals surface area contributed by atoms with Crippen LogP contribution in [0.2, 0.25) is 0 Å². The number of hydrogen-bond donors (Lipinski definition) is 2. The number of rotatable bonds is 5. The van der Waals surface area contributed by atoms with Crippen molar-refractivity contribution < 1.29 is 4.92 Å². The number of hydrazone groups is 1. The van der Waals surface area contributed by atoms with Crippen molar-refractivity contribution in [2.24, 2.45) is 5.10 Å². The van der Waals surface area contributed by atoms with Gasteiger partial charge in [-0.3, -0.25) is 15.5 Å². The van der Waals surface area contributed by atoms with E-state index in [1.165, 1.54) is 12.1 Å². The van der Waals surface area contributed by atoms with E-state index in [1.54, 1.807) is 36.3 Å². The van der Waals surface area contributed by atoms with E-state index >= 15 is 0 Å². The topological polar surface area (TPSA) is 97.4 Å². The minimum atomic E-state index is -0.436. The lowest BCUT2D eigenvalue weighted by atomic mass is 10.1. The molecule has 142 valence electrons. The molecule has 0 spiro atoms. The van der Waals surface area contributed by atoms with Crippen molar-refractivity contribution in [1.82, 2.24) is 20.5 Å². The van der Waals surface area contributed by atoms with E-state index in [2.05, 4.69) is 36.9 Å². The number of non-ortho nitro benzene ring substituents is 1. The first-order valence-electron chi connectivity index (χ1n) is 8.09. The zero-order valence-corrected chi connectivity index (χ0v) is 17.1. The number of nitro groups is 1. The Hall–Kier alpha value is -3.11. The van der Waals surface area contributed by atoms with Crippen LogP contribution in [0.4, 0.5) is 5.69 Å². The average Bonchev–Trinajstić information content (AvgIpc) is 3.12. The Morgan fingerprint density at radius 3 is 2.54 bits per heavy atom. The fourth-order valence-corrected chi connectivity index (χ4v) is 2.71. The van der Waals surface area contributed by atoms with Crippen molar-refractivity contribution in [3.8, 4) is 16.9 Å². The lowest BCUT2D eigenvalue weighted by molar-refractivity contribution is -0.384. The fraction of sp³-hybridized carbons (Fsp3) is 0.0556. The van der Waals surface area contributed by atoms with E-state index in [0.29, 0.717) is 16.5 Å². The first-order valence-corrected chi connectivity index (χ1v) is 9.29. The van der Waals surface area contributed by atoms with E-state index < -0.39 is 4.92 Å². The molecule has 28 heavy (non-hydrogen) atoms. The Morgan fingerprint density at radius 1 is 1.25 bits per heavy atom. The van der Waals surface area contributed by atoms with Crippen LogP contribution in [0.5, 0.6) is 0 Å². The molecule has 0 aliphatic rings. The molecule has 0 saturated heterocycles. The number of halogens is 1. The molecule has 1 heterocycles. The number of thiocarbonyl (C=S) groups is 1. The Labute approximate surface area is 174 Å². The first-order chi connectivity index (χ1) is 13.5. The average molecular weight is 459 g/mol. The van der Waals surface area contributed by atoms with E-state index in [9.17, 15) is 10.1 Å².